The summed E-state index contributed by atoms with van der Waals surface area (Å²) in [7, 11) is 0. The quantitative estimate of drug-likeness (QED) is 0.610. The van der Waals surface area contributed by atoms with Crippen molar-refractivity contribution >= 4 is 34.0 Å². The molecule has 0 aliphatic carbocycles. The Hall–Kier alpha value is -0.980. The molecule has 5 heteroatoms. The first-order valence-corrected chi connectivity index (χ1v) is 10.1. The van der Waals surface area contributed by atoms with E-state index in [9.17, 15) is 5.11 Å². The molecule has 1 unspecified atom stereocenters. The first-order chi connectivity index (χ1) is 10.9. The minimum absolute atomic E-state index is 0.0558. The van der Waals surface area contributed by atoms with Gasteiger partial charge in [0, 0.05) is 37.0 Å². The van der Waals surface area contributed by atoms with Crippen LogP contribution in [0.15, 0.2) is 41.8 Å². The van der Waals surface area contributed by atoms with E-state index in [1.54, 1.807) is 11.3 Å². The molecule has 3 aromatic heterocycles. The monoisotopic (exact) mass is 363 g/mol. The highest BCUT2D eigenvalue weighted by Crippen LogP contribution is 2.39. The molecule has 1 atom stereocenters. The van der Waals surface area contributed by atoms with E-state index in [0.29, 0.717) is 0 Å². The van der Waals surface area contributed by atoms with Gasteiger partial charge < -0.3 is 10.4 Å². The van der Waals surface area contributed by atoms with E-state index >= 15 is 0 Å². The minimum atomic E-state index is -0.705. The molecule has 0 fully saturated rings. The summed E-state index contributed by atoms with van der Waals surface area (Å²) < 4.78 is 0. The van der Waals surface area contributed by atoms with Gasteiger partial charge in [0.1, 0.15) is 0 Å². The zero-order valence-corrected chi connectivity index (χ0v) is 15.9. The summed E-state index contributed by atoms with van der Waals surface area (Å²) in [5.41, 5.74) is -0.705. The molecule has 0 spiro atoms. The van der Waals surface area contributed by atoms with Crippen molar-refractivity contribution in [3.8, 4) is 19.5 Å². The smallest absolute Gasteiger partial charge is 0.0741 e. The van der Waals surface area contributed by atoms with Gasteiger partial charge in [-0.15, -0.1) is 34.0 Å². The first-order valence-electron chi connectivity index (χ1n) is 7.62. The van der Waals surface area contributed by atoms with Crippen LogP contribution < -0.4 is 5.32 Å². The molecular weight excluding hydrogens is 342 g/mol. The van der Waals surface area contributed by atoms with Gasteiger partial charge in [-0.05, 0) is 56.5 Å². The van der Waals surface area contributed by atoms with Gasteiger partial charge in [0.05, 0.1) is 5.60 Å². The molecule has 0 bridgehead atoms. The fraction of sp³-hybridized carbons (Fsp3) is 0.333. The van der Waals surface area contributed by atoms with Gasteiger partial charge >= 0.3 is 0 Å². The predicted octanol–water partition coefficient (Wildman–Crippen LogP) is 5.45. The van der Waals surface area contributed by atoms with Crippen LogP contribution >= 0.6 is 34.0 Å². The van der Waals surface area contributed by atoms with Gasteiger partial charge in [-0.3, -0.25) is 0 Å². The van der Waals surface area contributed by atoms with E-state index in [2.05, 4.69) is 47.1 Å². The van der Waals surface area contributed by atoms with Gasteiger partial charge in [0.25, 0.3) is 0 Å². The van der Waals surface area contributed by atoms with E-state index in [1.165, 1.54) is 24.4 Å². The molecular formula is C18H21NOS3. The lowest BCUT2D eigenvalue weighted by Gasteiger charge is -2.26. The van der Waals surface area contributed by atoms with Crippen molar-refractivity contribution < 1.29 is 5.11 Å². The summed E-state index contributed by atoms with van der Waals surface area (Å²) in [5, 5.41) is 15.5. The third-order valence-electron chi connectivity index (χ3n) is 3.92. The number of hydrogen-bond acceptors (Lipinski definition) is 5. The minimum Gasteiger partial charge on any atom is -0.389 e. The Morgan fingerprint density at radius 3 is 2.30 bits per heavy atom. The molecule has 122 valence electrons. The summed E-state index contributed by atoms with van der Waals surface area (Å²) >= 11 is 5.45. The molecule has 0 aromatic carbocycles. The average molecular weight is 364 g/mol. The maximum Gasteiger partial charge on any atom is 0.0741 e. The van der Waals surface area contributed by atoms with Crippen LogP contribution in [0.4, 0.5) is 0 Å². The van der Waals surface area contributed by atoms with Crippen LogP contribution in [0.25, 0.3) is 19.5 Å². The Bertz CT molecular complexity index is 749. The van der Waals surface area contributed by atoms with Crippen LogP contribution in [-0.2, 0) is 6.54 Å². The Morgan fingerprint density at radius 1 is 1.00 bits per heavy atom. The SMILES string of the molecule is CC(NCc1ccc(-c2ccc(-c3cccs3)s2)s1)C(C)(C)O. The molecule has 3 aromatic rings. The van der Waals surface area contributed by atoms with Gasteiger partial charge in [0.15, 0.2) is 0 Å². The molecule has 0 aliphatic heterocycles. The van der Waals surface area contributed by atoms with Crippen LogP contribution in [-0.4, -0.2) is 16.7 Å². The van der Waals surface area contributed by atoms with Crippen LogP contribution in [0, 0.1) is 0 Å². The Morgan fingerprint density at radius 2 is 1.65 bits per heavy atom. The van der Waals surface area contributed by atoms with Gasteiger partial charge in [0.2, 0.25) is 0 Å². The van der Waals surface area contributed by atoms with Crippen molar-refractivity contribution in [3.63, 3.8) is 0 Å². The van der Waals surface area contributed by atoms with Crippen molar-refractivity contribution in [2.75, 3.05) is 0 Å². The normalized spacial score (nSPS) is 13.4. The molecule has 23 heavy (non-hydrogen) atoms. The van der Waals surface area contributed by atoms with E-state index in [-0.39, 0.29) is 6.04 Å². The molecule has 0 aliphatic rings. The van der Waals surface area contributed by atoms with Crippen molar-refractivity contribution in [2.45, 2.75) is 39.0 Å². The van der Waals surface area contributed by atoms with Crippen LogP contribution in [0.1, 0.15) is 25.6 Å². The van der Waals surface area contributed by atoms with Gasteiger partial charge in [-0.1, -0.05) is 6.07 Å². The lowest BCUT2D eigenvalue weighted by atomic mass is 10.0. The molecule has 3 rings (SSSR count). The molecule has 0 radical (unpaired) electrons. The van der Waals surface area contributed by atoms with Crippen LogP contribution in [0.3, 0.4) is 0 Å². The van der Waals surface area contributed by atoms with E-state index < -0.39 is 5.60 Å². The maximum absolute atomic E-state index is 9.98. The van der Waals surface area contributed by atoms with Crippen molar-refractivity contribution in [1.29, 1.82) is 0 Å². The highest BCUT2D eigenvalue weighted by Gasteiger charge is 2.21. The number of rotatable bonds is 6. The number of thiophene rings is 3. The molecule has 0 amide bonds. The van der Waals surface area contributed by atoms with E-state index in [0.717, 1.165) is 6.54 Å². The summed E-state index contributed by atoms with van der Waals surface area (Å²) in [6.07, 6.45) is 0. The zero-order chi connectivity index (χ0) is 16.4. The van der Waals surface area contributed by atoms with Crippen molar-refractivity contribution in [3.05, 3.63) is 46.7 Å². The van der Waals surface area contributed by atoms with Gasteiger partial charge in [-0.2, -0.15) is 0 Å². The fourth-order valence-electron chi connectivity index (χ4n) is 2.13. The topological polar surface area (TPSA) is 32.3 Å². The lowest BCUT2D eigenvalue weighted by molar-refractivity contribution is 0.0438. The Labute approximate surface area is 149 Å². The lowest BCUT2D eigenvalue weighted by Crippen LogP contribution is -2.43. The highest BCUT2D eigenvalue weighted by atomic mass is 32.1. The largest absolute Gasteiger partial charge is 0.389 e. The van der Waals surface area contributed by atoms with Gasteiger partial charge in [-0.25, -0.2) is 0 Å². The van der Waals surface area contributed by atoms with Crippen LogP contribution in [0.2, 0.25) is 0 Å². The second-order valence-corrected chi connectivity index (χ2v) is 9.36. The van der Waals surface area contributed by atoms with Crippen LogP contribution in [0.5, 0.6) is 0 Å². The summed E-state index contributed by atoms with van der Waals surface area (Å²) in [5.74, 6) is 0. The standard InChI is InChI=1S/C18H21NOS3/c1-12(18(2,3)20)19-11-13-6-7-16(22-13)17-9-8-15(23-17)14-5-4-10-21-14/h4-10,12,19-20H,11H2,1-3H3. The number of aliphatic hydroxyl groups is 1. The first kappa shape index (κ1) is 16.9. The highest BCUT2D eigenvalue weighted by molar-refractivity contribution is 7.26. The Balaban J connectivity index is 1.68. The van der Waals surface area contributed by atoms with Crippen molar-refractivity contribution in [1.82, 2.24) is 5.32 Å². The molecule has 0 saturated heterocycles. The van der Waals surface area contributed by atoms with E-state index in [1.807, 2.05) is 43.4 Å². The summed E-state index contributed by atoms with van der Waals surface area (Å²) in [6.45, 7) is 6.48. The fourth-order valence-corrected chi connectivity index (χ4v) is 5.02. The molecule has 2 N–H and O–H groups in total. The zero-order valence-electron chi connectivity index (χ0n) is 13.5. The predicted molar refractivity (Wildman–Crippen MR) is 104 cm³/mol. The average Bonchev–Trinajstić information content (AvgIpc) is 3.21. The summed E-state index contributed by atoms with van der Waals surface area (Å²) in [4.78, 5) is 6.59. The molecule has 3 heterocycles. The third kappa shape index (κ3) is 4.11. The molecule has 0 saturated carbocycles. The van der Waals surface area contributed by atoms with E-state index in [4.69, 9.17) is 0 Å². The number of hydrogen-bond donors (Lipinski definition) is 2. The molecule has 2 nitrogen and oxygen atoms in total. The maximum atomic E-state index is 9.98. The van der Waals surface area contributed by atoms with Crippen molar-refractivity contribution in [2.24, 2.45) is 0 Å². The Kier molecular flexibility index (Phi) is 5.04. The second kappa shape index (κ2) is 6.87. The number of nitrogens with one attached hydrogen (secondary N) is 1. The third-order valence-corrected chi connectivity index (χ3v) is 7.35. The second-order valence-electron chi connectivity index (χ2n) is 6.16. The summed E-state index contributed by atoms with van der Waals surface area (Å²) in [6, 6.07) is 13.1.